The van der Waals surface area contributed by atoms with Crippen LogP contribution >= 0.6 is 0 Å². The second-order valence-corrected chi connectivity index (χ2v) is 3.92. The highest BCUT2D eigenvalue weighted by molar-refractivity contribution is 5.65. The Morgan fingerprint density at radius 1 is 1.31 bits per heavy atom. The zero-order chi connectivity index (χ0) is 11.2. The first-order valence-corrected chi connectivity index (χ1v) is 5.43. The molecule has 0 unspecified atom stereocenters. The van der Waals surface area contributed by atoms with Gasteiger partial charge in [-0.05, 0) is 24.3 Å². The molecule has 1 fully saturated rings. The molecule has 4 heteroatoms. The van der Waals surface area contributed by atoms with Crippen molar-refractivity contribution in [3.8, 4) is 0 Å². The van der Waals surface area contributed by atoms with E-state index in [1.54, 1.807) is 0 Å². The minimum Gasteiger partial charge on any atom is -0.443 e. The Balaban J connectivity index is 1.59. The molecule has 2 rings (SSSR count). The van der Waals surface area contributed by atoms with Crippen LogP contribution < -0.4 is 5.48 Å². The van der Waals surface area contributed by atoms with Crippen molar-refractivity contribution in [1.82, 2.24) is 5.48 Å². The van der Waals surface area contributed by atoms with Crippen LogP contribution in [0.1, 0.15) is 18.4 Å². The van der Waals surface area contributed by atoms with Crippen molar-refractivity contribution in [2.24, 2.45) is 5.92 Å². The Hall–Kier alpha value is -1.55. The van der Waals surface area contributed by atoms with Crippen molar-refractivity contribution in [2.45, 2.75) is 19.4 Å². The van der Waals surface area contributed by atoms with Gasteiger partial charge in [-0.1, -0.05) is 30.3 Å². The van der Waals surface area contributed by atoms with Crippen molar-refractivity contribution < 1.29 is 14.4 Å². The van der Waals surface area contributed by atoms with E-state index in [4.69, 9.17) is 9.57 Å². The summed E-state index contributed by atoms with van der Waals surface area (Å²) < 4.78 is 4.96. The Morgan fingerprint density at radius 3 is 2.75 bits per heavy atom. The number of benzene rings is 1. The maximum absolute atomic E-state index is 11.2. The molecule has 0 saturated heterocycles. The lowest BCUT2D eigenvalue weighted by molar-refractivity contribution is 0.0205. The number of hydroxylamine groups is 1. The monoisotopic (exact) mass is 221 g/mol. The van der Waals surface area contributed by atoms with Crippen LogP contribution in [0.4, 0.5) is 4.79 Å². The summed E-state index contributed by atoms with van der Waals surface area (Å²) in [6.07, 6.45) is 1.85. The quantitative estimate of drug-likeness (QED) is 0.776. The summed E-state index contributed by atoms with van der Waals surface area (Å²) in [6.45, 7) is 0.847. The van der Waals surface area contributed by atoms with Crippen LogP contribution in [0.3, 0.4) is 0 Å². The number of hydrogen-bond acceptors (Lipinski definition) is 3. The number of hydrogen-bond donors (Lipinski definition) is 1. The second kappa shape index (κ2) is 5.51. The van der Waals surface area contributed by atoms with E-state index < -0.39 is 6.09 Å². The molecular formula is C12H15NO3. The molecule has 0 spiro atoms. The van der Waals surface area contributed by atoms with Crippen LogP contribution in [-0.4, -0.2) is 12.7 Å². The highest BCUT2D eigenvalue weighted by atomic mass is 16.7. The van der Waals surface area contributed by atoms with Crippen LogP contribution in [0.25, 0.3) is 0 Å². The smallest absolute Gasteiger partial charge is 0.431 e. The van der Waals surface area contributed by atoms with E-state index in [1.807, 2.05) is 30.3 Å². The van der Waals surface area contributed by atoms with E-state index in [2.05, 4.69) is 5.48 Å². The molecule has 16 heavy (non-hydrogen) atoms. The molecule has 86 valence electrons. The van der Waals surface area contributed by atoms with Gasteiger partial charge >= 0.3 is 6.09 Å². The van der Waals surface area contributed by atoms with Gasteiger partial charge in [0, 0.05) is 0 Å². The number of carbonyl (C=O) groups is 1. The minimum absolute atomic E-state index is 0.263. The molecule has 0 aromatic heterocycles. The van der Waals surface area contributed by atoms with Gasteiger partial charge in [-0.3, -0.25) is 4.84 Å². The fourth-order valence-electron chi connectivity index (χ4n) is 1.26. The van der Waals surface area contributed by atoms with Gasteiger partial charge < -0.3 is 4.74 Å². The second-order valence-electron chi connectivity index (χ2n) is 3.92. The lowest BCUT2D eigenvalue weighted by Crippen LogP contribution is -2.25. The van der Waals surface area contributed by atoms with Gasteiger partial charge in [-0.2, -0.15) is 5.48 Å². The average Bonchev–Trinajstić information content (AvgIpc) is 3.12. The zero-order valence-electron chi connectivity index (χ0n) is 9.02. The van der Waals surface area contributed by atoms with Gasteiger partial charge in [0.1, 0.15) is 6.61 Å². The van der Waals surface area contributed by atoms with Crippen molar-refractivity contribution in [1.29, 1.82) is 0 Å². The standard InChI is InChI=1S/C12H15NO3/c14-12(13-16-9-11-6-7-11)15-8-10-4-2-1-3-5-10/h1-5,11H,6-9H2,(H,13,14). The first kappa shape index (κ1) is 11.0. The lowest BCUT2D eigenvalue weighted by Gasteiger charge is -2.06. The van der Waals surface area contributed by atoms with Crippen molar-refractivity contribution in [3.63, 3.8) is 0 Å². The maximum atomic E-state index is 11.2. The van der Waals surface area contributed by atoms with Gasteiger partial charge in [0.05, 0.1) is 6.61 Å². The summed E-state index contributed by atoms with van der Waals surface area (Å²) in [7, 11) is 0. The predicted octanol–water partition coefficient (Wildman–Crippen LogP) is 2.25. The Morgan fingerprint density at radius 2 is 2.06 bits per heavy atom. The third-order valence-electron chi connectivity index (χ3n) is 2.38. The highest BCUT2D eigenvalue weighted by Gasteiger charge is 2.21. The predicted molar refractivity (Wildman–Crippen MR) is 58.4 cm³/mol. The largest absolute Gasteiger partial charge is 0.443 e. The van der Waals surface area contributed by atoms with Crippen LogP contribution in [0.15, 0.2) is 30.3 Å². The van der Waals surface area contributed by atoms with Crippen LogP contribution in [0.2, 0.25) is 0 Å². The first-order valence-electron chi connectivity index (χ1n) is 5.43. The summed E-state index contributed by atoms with van der Waals surface area (Å²) in [5, 5.41) is 0. The molecular weight excluding hydrogens is 206 g/mol. The normalized spacial score (nSPS) is 14.5. The van der Waals surface area contributed by atoms with E-state index >= 15 is 0 Å². The molecule has 0 radical (unpaired) electrons. The third kappa shape index (κ3) is 3.90. The number of amides is 1. The Bertz CT molecular complexity index is 335. The molecule has 0 bridgehead atoms. The van der Waals surface area contributed by atoms with Crippen LogP contribution in [0, 0.1) is 5.92 Å². The summed E-state index contributed by atoms with van der Waals surface area (Å²) in [5.74, 6) is 0.620. The van der Waals surface area contributed by atoms with E-state index in [9.17, 15) is 4.79 Å². The highest BCUT2D eigenvalue weighted by Crippen LogP contribution is 2.28. The molecule has 1 aromatic carbocycles. The van der Waals surface area contributed by atoms with E-state index in [0.717, 1.165) is 5.56 Å². The number of rotatable bonds is 5. The molecule has 0 atom stereocenters. The third-order valence-corrected chi connectivity index (χ3v) is 2.38. The Labute approximate surface area is 94.5 Å². The minimum atomic E-state index is -0.537. The van der Waals surface area contributed by atoms with Crippen LogP contribution in [0.5, 0.6) is 0 Å². The van der Waals surface area contributed by atoms with Gasteiger partial charge in [-0.25, -0.2) is 4.79 Å². The maximum Gasteiger partial charge on any atom is 0.431 e. The molecule has 0 heterocycles. The molecule has 1 aromatic rings. The van der Waals surface area contributed by atoms with E-state index in [1.165, 1.54) is 12.8 Å². The Kier molecular flexibility index (Phi) is 3.77. The summed E-state index contributed by atoms with van der Waals surface area (Å²) in [4.78, 5) is 16.1. The molecule has 1 saturated carbocycles. The van der Waals surface area contributed by atoms with Gasteiger partial charge in [0.2, 0.25) is 0 Å². The first-order chi connectivity index (χ1) is 7.84. The molecule has 1 aliphatic rings. The number of ether oxygens (including phenoxy) is 1. The zero-order valence-corrected chi connectivity index (χ0v) is 9.02. The molecule has 0 aliphatic heterocycles. The van der Waals surface area contributed by atoms with Crippen molar-refractivity contribution in [2.75, 3.05) is 6.61 Å². The lowest BCUT2D eigenvalue weighted by atomic mass is 10.2. The van der Waals surface area contributed by atoms with E-state index in [0.29, 0.717) is 12.5 Å². The van der Waals surface area contributed by atoms with Gasteiger partial charge in [0.15, 0.2) is 0 Å². The van der Waals surface area contributed by atoms with E-state index in [-0.39, 0.29) is 6.61 Å². The fraction of sp³-hybridized carbons (Fsp3) is 0.417. The summed E-state index contributed by atoms with van der Waals surface area (Å²) >= 11 is 0. The molecule has 4 nitrogen and oxygen atoms in total. The van der Waals surface area contributed by atoms with Crippen molar-refractivity contribution >= 4 is 6.09 Å². The number of nitrogens with one attached hydrogen (secondary N) is 1. The SMILES string of the molecule is O=C(NOCC1CC1)OCc1ccccc1. The summed E-state index contributed by atoms with van der Waals surface area (Å²) in [5.41, 5.74) is 3.22. The van der Waals surface area contributed by atoms with Gasteiger partial charge in [0.25, 0.3) is 0 Å². The van der Waals surface area contributed by atoms with Crippen LogP contribution in [-0.2, 0) is 16.2 Å². The number of carbonyl (C=O) groups excluding carboxylic acids is 1. The molecule has 1 N–H and O–H groups in total. The fourth-order valence-corrected chi connectivity index (χ4v) is 1.26. The van der Waals surface area contributed by atoms with Gasteiger partial charge in [-0.15, -0.1) is 0 Å². The average molecular weight is 221 g/mol. The van der Waals surface area contributed by atoms with Crippen molar-refractivity contribution in [3.05, 3.63) is 35.9 Å². The summed E-state index contributed by atoms with van der Waals surface area (Å²) in [6, 6.07) is 9.53. The topological polar surface area (TPSA) is 47.6 Å². The molecule has 1 aliphatic carbocycles. The molecule has 1 amide bonds.